The van der Waals surface area contributed by atoms with E-state index in [1.807, 2.05) is 4.68 Å². The molecule has 1 aliphatic carbocycles. The summed E-state index contributed by atoms with van der Waals surface area (Å²) >= 11 is 0. The van der Waals surface area contributed by atoms with Crippen molar-refractivity contribution in [2.75, 3.05) is 6.54 Å². The molecule has 2 aromatic rings. The Hall–Kier alpha value is -1.80. The third-order valence-corrected chi connectivity index (χ3v) is 5.50. The van der Waals surface area contributed by atoms with Crippen molar-refractivity contribution >= 4 is 0 Å². The normalized spacial score (nSPS) is 25.4. The first-order valence-electron chi connectivity index (χ1n) is 9.11. The number of ether oxygens (including phenoxy) is 1. The van der Waals surface area contributed by atoms with E-state index in [0.717, 1.165) is 25.2 Å². The predicted octanol–water partition coefficient (Wildman–Crippen LogP) is 2.17. The Kier molecular flexibility index (Phi) is 4.33. The molecule has 2 fully saturated rings. The summed E-state index contributed by atoms with van der Waals surface area (Å²) in [4.78, 5) is 8.56. The minimum absolute atomic E-state index is 0.0644. The summed E-state index contributed by atoms with van der Waals surface area (Å²) in [6, 6.07) is 0.224. The summed E-state index contributed by atoms with van der Waals surface area (Å²) in [5.74, 6) is 2.00. The lowest BCUT2D eigenvalue weighted by atomic mass is 9.96. The molecule has 25 heavy (non-hydrogen) atoms. The van der Waals surface area contributed by atoms with Crippen LogP contribution in [0.4, 0.5) is 0 Å². The highest BCUT2D eigenvalue weighted by Crippen LogP contribution is 2.39. The third-order valence-electron chi connectivity index (χ3n) is 5.50. The molecule has 1 aliphatic heterocycles. The molecule has 136 valence electrons. The van der Waals surface area contributed by atoms with Gasteiger partial charge >= 0.3 is 0 Å². The zero-order valence-corrected chi connectivity index (χ0v) is 15.1. The van der Waals surface area contributed by atoms with Crippen LogP contribution in [0.15, 0.2) is 17.2 Å². The first kappa shape index (κ1) is 16.7. The number of hydrogen-bond acceptors (Lipinski definition) is 7. The Morgan fingerprint density at radius 1 is 1.32 bits per heavy atom. The Morgan fingerprint density at radius 2 is 2.16 bits per heavy atom. The average molecular weight is 346 g/mol. The van der Waals surface area contributed by atoms with Crippen LogP contribution >= 0.6 is 0 Å². The van der Waals surface area contributed by atoms with E-state index in [2.05, 4.69) is 46.3 Å². The quantitative estimate of drug-likeness (QED) is 0.821. The van der Waals surface area contributed by atoms with Gasteiger partial charge < -0.3 is 14.6 Å². The van der Waals surface area contributed by atoms with Gasteiger partial charge in [-0.1, -0.05) is 5.16 Å². The lowest BCUT2D eigenvalue weighted by molar-refractivity contribution is 0.0233. The van der Waals surface area contributed by atoms with E-state index >= 15 is 0 Å². The average Bonchev–Trinajstić information content (AvgIpc) is 3.06. The van der Waals surface area contributed by atoms with Crippen molar-refractivity contribution in [3.05, 3.63) is 24.4 Å². The summed E-state index contributed by atoms with van der Waals surface area (Å²) in [5, 5.41) is 11.9. The molecule has 1 unspecified atom stereocenters. The van der Waals surface area contributed by atoms with Crippen LogP contribution in [0.1, 0.15) is 70.2 Å². The van der Waals surface area contributed by atoms with Crippen molar-refractivity contribution in [3.63, 3.8) is 0 Å². The molecule has 2 aliphatic rings. The van der Waals surface area contributed by atoms with E-state index in [1.165, 1.54) is 12.8 Å². The fourth-order valence-corrected chi connectivity index (χ4v) is 3.19. The summed E-state index contributed by atoms with van der Waals surface area (Å²) < 4.78 is 13.4. The van der Waals surface area contributed by atoms with Crippen LogP contribution < -0.4 is 5.32 Å². The van der Waals surface area contributed by atoms with Crippen molar-refractivity contribution in [1.82, 2.24) is 30.2 Å². The maximum Gasteiger partial charge on any atom is 0.255 e. The topological polar surface area (TPSA) is 90.9 Å². The van der Waals surface area contributed by atoms with Crippen LogP contribution in [-0.4, -0.2) is 43.6 Å². The number of rotatable bonds is 7. The van der Waals surface area contributed by atoms with E-state index in [4.69, 9.17) is 9.26 Å². The second-order valence-electron chi connectivity index (χ2n) is 7.71. The fourth-order valence-electron chi connectivity index (χ4n) is 3.19. The predicted molar refractivity (Wildman–Crippen MR) is 89.9 cm³/mol. The fraction of sp³-hybridized carbons (Fsp3) is 0.765. The molecular formula is C17H26N6O2. The molecule has 0 amide bonds. The number of hydrogen-bond donors (Lipinski definition) is 1. The maximum atomic E-state index is 6.12. The van der Waals surface area contributed by atoms with Gasteiger partial charge in [0.2, 0.25) is 0 Å². The van der Waals surface area contributed by atoms with Crippen LogP contribution in [0.25, 0.3) is 0 Å². The molecule has 1 N–H and O–H groups in total. The highest BCUT2D eigenvalue weighted by atomic mass is 16.5. The van der Waals surface area contributed by atoms with Gasteiger partial charge in [0.05, 0.1) is 11.6 Å². The van der Waals surface area contributed by atoms with Crippen LogP contribution in [0, 0.1) is 0 Å². The molecule has 3 heterocycles. The Balaban J connectivity index is 1.29. The van der Waals surface area contributed by atoms with Crippen molar-refractivity contribution < 1.29 is 9.26 Å². The molecule has 1 saturated carbocycles. The highest BCUT2D eigenvalue weighted by Gasteiger charge is 2.35. The molecular weight excluding hydrogens is 320 g/mol. The van der Waals surface area contributed by atoms with Gasteiger partial charge in [-0.05, 0) is 46.5 Å². The largest absolute Gasteiger partial charge is 0.364 e. The van der Waals surface area contributed by atoms with Crippen molar-refractivity contribution in [1.29, 1.82) is 0 Å². The van der Waals surface area contributed by atoms with Crippen molar-refractivity contribution in [2.45, 2.75) is 76.2 Å². The van der Waals surface area contributed by atoms with Gasteiger partial charge in [0, 0.05) is 18.5 Å². The molecule has 4 rings (SSSR count). The van der Waals surface area contributed by atoms with E-state index in [0.29, 0.717) is 11.8 Å². The maximum absolute atomic E-state index is 6.12. The van der Waals surface area contributed by atoms with E-state index in [1.54, 1.807) is 12.7 Å². The lowest BCUT2D eigenvalue weighted by Gasteiger charge is -2.33. The van der Waals surface area contributed by atoms with Crippen LogP contribution in [0.5, 0.6) is 0 Å². The molecule has 2 aromatic heterocycles. The van der Waals surface area contributed by atoms with Gasteiger partial charge in [0.15, 0.2) is 5.82 Å². The Bertz CT molecular complexity index is 694. The first-order valence-corrected chi connectivity index (χ1v) is 9.11. The van der Waals surface area contributed by atoms with Gasteiger partial charge in [0.25, 0.3) is 5.89 Å². The summed E-state index contributed by atoms with van der Waals surface area (Å²) in [7, 11) is 0. The Labute approximate surface area is 147 Å². The standard InChI is InChI=1S/C17H26N6O2/c1-11(17(2,3)23-10-18-9-20-23)19-8-13-6-7-14(24-13)16-21-15(22-25-16)12-4-5-12/h9-14,19H,4-8H2,1-3H3/t11?,13-,14+/m1/s1. The van der Waals surface area contributed by atoms with Gasteiger partial charge in [-0.15, -0.1) is 0 Å². The number of aromatic nitrogens is 5. The van der Waals surface area contributed by atoms with E-state index in [-0.39, 0.29) is 23.8 Å². The monoisotopic (exact) mass is 346 g/mol. The molecule has 0 radical (unpaired) electrons. The smallest absolute Gasteiger partial charge is 0.255 e. The molecule has 1 saturated heterocycles. The zero-order chi connectivity index (χ0) is 17.4. The lowest BCUT2D eigenvalue weighted by Crippen LogP contribution is -2.48. The number of nitrogens with zero attached hydrogens (tertiary/aromatic N) is 5. The van der Waals surface area contributed by atoms with Gasteiger partial charge in [-0.3, -0.25) is 0 Å². The molecule has 3 atom stereocenters. The van der Waals surface area contributed by atoms with Crippen molar-refractivity contribution in [2.24, 2.45) is 0 Å². The Morgan fingerprint density at radius 3 is 2.88 bits per heavy atom. The van der Waals surface area contributed by atoms with Crippen LogP contribution in [-0.2, 0) is 10.3 Å². The summed E-state index contributed by atoms with van der Waals surface area (Å²) in [5.41, 5.74) is -0.167. The SMILES string of the molecule is CC(NC[C@H]1CC[C@@H](c2nc(C3CC3)no2)O1)C(C)(C)n1cncn1. The molecule has 8 nitrogen and oxygen atoms in total. The second-order valence-corrected chi connectivity index (χ2v) is 7.71. The second kappa shape index (κ2) is 6.49. The minimum Gasteiger partial charge on any atom is -0.364 e. The van der Waals surface area contributed by atoms with Crippen molar-refractivity contribution in [3.8, 4) is 0 Å². The van der Waals surface area contributed by atoms with E-state index < -0.39 is 0 Å². The summed E-state index contributed by atoms with van der Waals surface area (Å²) in [6.07, 6.45) is 7.70. The highest BCUT2D eigenvalue weighted by molar-refractivity contribution is 5.05. The molecule has 8 heteroatoms. The minimum atomic E-state index is -0.167. The molecule has 0 bridgehead atoms. The van der Waals surface area contributed by atoms with Crippen LogP contribution in [0.2, 0.25) is 0 Å². The van der Waals surface area contributed by atoms with Gasteiger partial charge in [-0.25, -0.2) is 9.67 Å². The zero-order valence-electron chi connectivity index (χ0n) is 15.1. The van der Waals surface area contributed by atoms with E-state index in [9.17, 15) is 0 Å². The summed E-state index contributed by atoms with van der Waals surface area (Å²) in [6.45, 7) is 7.25. The molecule has 0 spiro atoms. The molecule has 0 aromatic carbocycles. The third kappa shape index (κ3) is 3.46. The first-order chi connectivity index (χ1) is 12.0. The van der Waals surface area contributed by atoms with Gasteiger partial charge in [-0.2, -0.15) is 10.1 Å². The van der Waals surface area contributed by atoms with Crippen LogP contribution in [0.3, 0.4) is 0 Å². The number of nitrogens with one attached hydrogen (secondary N) is 1. The van der Waals surface area contributed by atoms with Gasteiger partial charge in [0.1, 0.15) is 18.8 Å².